The number of hydrogen-bond donors (Lipinski definition) is 0. The molecule has 0 saturated carbocycles. The average molecular weight is 302 g/mol. The lowest BCUT2D eigenvalue weighted by atomic mass is 10.1. The third-order valence-electron chi connectivity index (χ3n) is 2.27. The molecule has 2 rings (SSSR count). The predicted molar refractivity (Wildman–Crippen MR) is 62.4 cm³/mol. The van der Waals surface area contributed by atoms with Crippen molar-refractivity contribution in [1.29, 1.82) is 0 Å². The molecule has 1 aromatic carbocycles. The summed E-state index contributed by atoms with van der Waals surface area (Å²) in [5.41, 5.74) is 0.839. The van der Waals surface area contributed by atoms with E-state index in [0.29, 0.717) is 10.2 Å². The first kappa shape index (κ1) is 12.1. The van der Waals surface area contributed by atoms with Gasteiger partial charge in [-0.2, -0.15) is 13.2 Å². The summed E-state index contributed by atoms with van der Waals surface area (Å²) in [6.45, 7) is 0. The lowest BCUT2D eigenvalue weighted by molar-refractivity contribution is -0.137. The molecule has 1 heterocycles. The van der Waals surface area contributed by atoms with Gasteiger partial charge < -0.3 is 0 Å². The van der Waals surface area contributed by atoms with Crippen molar-refractivity contribution < 1.29 is 13.2 Å². The van der Waals surface area contributed by atoms with E-state index in [4.69, 9.17) is 0 Å². The van der Waals surface area contributed by atoms with Crippen LogP contribution in [0, 0.1) is 0 Å². The molecule has 5 heteroatoms. The van der Waals surface area contributed by atoms with Crippen molar-refractivity contribution in [2.24, 2.45) is 0 Å². The predicted octanol–water partition coefficient (Wildman–Crippen LogP) is 4.53. The zero-order valence-corrected chi connectivity index (χ0v) is 10.1. The van der Waals surface area contributed by atoms with Gasteiger partial charge in [0.2, 0.25) is 0 Å². The molecule has 0 bridgehead atoms. The Bertz CT molecular complexity index is 503. The number of aromatic nitrogens is 1. The fraction of sp³-hybridized carbons (Fsp3) is 0.0833. The molecule has 0 atom stereocenters. The summed E-state index contributed by atoms with van der Waals surface area (Å²) in [7, 11) is 0. The summed E-state index contributed by atoms with van der Waals surface area (Å²) < 4.78 is 37.8. The maximum Gasteiger partial charge on any atom is 0.416 e. The third-order valence-corrected chi connectivity index (χ3v) is 2.74. The number of benzene rings is 1. The summed E-state index contributed by atoms with van der Waals surface area (Å²) in [6, 6.07) is 8.54. The summed E-state index contributed by atoms with van der Waals surface area (Å²) in [4.78, 5) is 4.02. The van der Waals surface area contributed by atoms with E-state index < -0.39 is 11.7 Å². The lowest BCUT2D eigenvalue weighted by Crippen LogP contribution is -2.03. The molecule has 0 saturated heterocycles. The fourth-order valence-electron chi connectivity index (χ4n) is 1.40. The first-order chi connectivity index (χ1) is 7.97. The molecule has 0 amide bonds. The maximum absolute atomic E-state index is 12.4. The van der Waals surface area contributed by atoms with E-state index in [2.05, 4.69) is 20.9 Å². The van der Waals surface area contributed by atoms with E-state index in [9.17, 15) is 13.2 Å². The van der Waals surface area contributed by atoms with Gasteiger partial charge in [0.15, 0.2) is 0 Å². The molecule has 0 aliphatic heterocycles. The van der Waals surface area contributed by atoms with E-state index in [1.807, 2.05) is 0 Å². The molecule has 0 radical (unpaired) electrons. The van der Waals surface area contributed by atoms with Gasteiger partial charge in [0.1, 0.15) is 4.60 Å². The Balaban J connectivity index is 2.33. The second kappa shape index (κ2) is 4.49. The normalized spacial score (nSPS) is 11.5. The second-order valence-electron chi connectivity index (χ2n) is 3.44. The van der Waals surface area contributed by atoms with Crippen LogP contribution in [0.5, 0.6) is 0 Å². The van der Waals surface area contributed by atoms with Crippen molar-refractivity contribution >= 4 is 15.9 Å². The largest absolute Gasteiger partial charge is 0.416 e. The minimum Gasteiger partial charge on any atom is -0.249 e. The van der Waals surface area contributed by atoms with E-state index in [0.717, 1.165) is 17.7 Å². The Labute approximate surface area is 104 Å². The first-order valence-corrected chi connectivity index (χ1v) is 5.55. The Kier molecular flexibility index (Phi) is 3.19. The van der Waals surface area contributed by atoms with Crippen LogP contribution in [-0.4, -0.2) is 4.98 Å². The molecule has 0 aliphatic rings. The van der Waals surface area contributed by atoms with E-state index in [1.54, 1.807) is 18.3 Å². The molecule has 1 aromatic heterocycles. The first-order valence-electron chi connectivity index (χ1n) is 4.76. The van der Waals surface area contributed by atoms with Crippen molar-refractivity contribution in [3.8, 4) is 11.1 Å². The minimum atomic E-state index is -4.30. The molecule has 0 fully saturated rings. The monoisotopic (exact) mass is 301 g/mol. The standard InChI is InChI=1S/C12H7BrF3N/c13-11-6-3-9(7-17-11)8-1-4-10(5-2-8)12(14,15)16/h1-7H. The molecular formula is C12H7BrF3N. The van der Waals surface area contributed by atoms with Crippen molar-refractivity contribution in [2.45, 2.75) is 6.18 Å². The van der Waals surface area contributed by atoms with Crippen LogP contribution in [0.15, 0.2) is 47.2 Å². The topological polar surface area (TPSA) is 12.9 Å². The van der Waals surface area contributed by atoms with E-state index >= 15 is 0 Å². The van der Waals surface area contributed by atoms with Crippen LogP contribution < -0.4 is 0 Å². The van der Waals surface area contributed by atoms with Crippen LogP contribution in [0.25, 0.3) is 11.1 Å². The number of pyridine rings is 1. The molecule has 17 heavy (non-hydrogen) atoms. The Morgan fingerprint density at radius 3 is 1.94 bits per heavy atom. The van der Waals surface area contributed by atoms with Gasteiger partial charge in [-0.3, -0.25) is 0 Å². The lowest BCUT2D eigenvalue weighted by Gasteiger charge is -2.07. The molecule has 0 unspecified atom stereocenters. The highest BCUT2D eigenvalue weighted by molar-refractivity contribution is 9.10. The van der Waals surface area contributed by atoms with Gasteiger partial charge in [-0.25, -0.2) is 4.98 Å². The van der Waals surface area contributed by atoms with E-state index in [-0.39, 0.29) is 0 Å². The van der Waals surface area contributed by atoms with Crippen molar-refractivity contribution in [2.75, 3.05) is 0 Å². The Morgan fingerprint density at radius 1 is 0.882 bits per heavy atom. The Morgan fingerprint density at radius 2 is 1.47 bits per heavy atom. The molecule has 0 N–H and O–H groups in total. The van der Waals surface area contributed by atoms with Gasteiger partial charge in [-0.05, 0) is 39.7 Å². The zero-order chi connectivity index (χ0) is 12.5. The van der Waals surface area contributed by atoms with Gasteiger partial charge >= 0.3 is 6.18 Å². The summed E-state index contributed by atoms with van der Waals surface area (Å²) in [6.07, 6.45) is -2.69. The summed E-state index contributed by atoms with van der Waals surface area (Å²) >= 11 is 3.20. The molecule has 2 aromatic rings. The van der Waals surface area contributed by atoms with Crippen LogP contribution in [0.3, 0.4) is 0 Å². The zero-order valence-electron chi connectivity index (χ0n) is 8.50. The van der Waals surface area contributed by atoms with Crippen LogP contribution in [0.1, 0.15) is 5.56 Å². The van der Waals surface area contributed by atoms with Gasteiger partial charge in [0.05, 0.1) is 5.56 Å². The smallest absolute Gasteiger partial charge is 0.249 e. The fourth-order valence-corrected chi connectivity index (χ4v) is 1.63. The van der Waals surface area contributed by atoms with Crippen molar-refractivity contribution in [3.05, 3.63) is 52.8 Å². The number of nitrogens with zero attached hydrogens (tertiary/aromatic N) is 1. The molecule has 0 spiro atoms. The highest BCUT2D eigenvalue weighted by atomic mass is 79.9. The summed E-state index contributed by atoms with van der Waals surface area (Å²) in [5.74, 6) is 0. The second-order valence-corrected chi connectivity index (χ2v) is 4.26. The number of alkyl halides is 3. The van der Waals surface area contributed by atoms with E-state index in [1.165, 1.54) is 12.1 Å². The minimum absolute atomic E-state index is 0.647. The van der Waals surface area contributed by atoms with Gasteiger partial charge in [-0.1, -0.05) is 18.2 Å². The van der Waals surface area contributed by atoms with Crippen LogP contribution in [0.4, 0.5) is 13.2 Å². The number of hydrogen-bond acceptors (Lipinski definition) is 1. The average Bonchev–Trinajstić information content (AvgIpc) is 2.29. The van der Waals surface area contributed by atoms with Crippen LogP contribution >= 0.6 is 15.9 Å². The SMILES string of the molecule is FC(F)(F)c1ccc(-c2ccc(Br)nc2)cc1. The number of rotatable bonds is 1. The molecular weight excluding hydrogens is 295 g/mol. The third kappa shape index (κ3) is 2.85. The quantitative estimate of drug-likeness (QED) is 0.705. The van der Waals surface area contributed by atoms with Crippen LogP contribution in [-0.2, 0) is 6.18 Å². The molecule has 0 aliphatic carbocycles. The highest BCUT2D eigenvalue weighted by Crippen LogP contribution is 2.30. The van der Waals surface area contributed by atoms with Crippen LogP contribution in [0.2, 0.25) is 0 Å². The van der Waals surface area contributed by atoms with Gasteiger partial charge in [0.25, 0.3) is 0 Å². The molecule has 1 nitrogen and oxygen atoms in total. The Hall–Kier alpha value is -1.36. The van der Waals surface area contributed by atoms with Gasteiger partial charge in [0, 0.05) is 11.8 Å². The summed E-state index contributed by atoms with van der Waals surface area (Å²) in [5, 5.41) is 0. The van der Waals surface area contributed by atoms with Crippen molar-refractivity contribution in [1.82, 2.24) is 4.98 Å². The molecule has 88 valence electrons. The number of halogens is 4. The van der Waals surface area contributed by atoms with Gasteiger partial charge in [-0.15, -0.1) is 0 Å². The highest BCUT2D eigenvalue weighted by Gasteiger charge is 2.29. The van der Waals surface area contributed by atoms with Crippen molar-refractivity contribution in [3.63, 3.8) is 0 Å². The maximum atomic E-state index is 12.4.